The maximum absolute atomic E-state index is 13.5. The number of nitrogens with one attached hydrogen (secondary N) is 2. The third-order valence-electron chi connectivity index (χ3n) is 3.55. The van der Waals surface area contributed by atoms with Gasteiger partial charge in [-0.3, -0.25) is 4.79 Å². The minimum absolute atomic E-state index is 0.0844. The number of hydrogen-bond acceptors (Lipinski definition) is 4. The molecule has 0 saturated carbocycles. The number of anilines is 1. The number of rotatable bonds is 8. The quantitative estimate of drug-likeness (QED) is 0.768. The lowest BCUT2D eigenvalue weighted by atomic mass is 10.2. The van der Waals surface area contributed by atoms with E-state index in [0.717, 1.165) is 17.7 Å². The first kappa shape index (κ1) is 18.5. The van der Waals surface area contributed by atoms with Crippen LogP contribution in [0.4, 0.5) is 14.5 Å². The molecule has 0 aromatic heterocycles. The van der Waals surface area contributed by atoms with E-state index in [4.69, 9.17) is 9.47 Å². The van der Waals surface area contributed by atoms with Gasteiger partial charge in [0.05, 0.1) is 14.2 Å². The van der Waals surface area contributed by atoms with Crippen molar-refractivity contribution in [2.24, 2.45) is 0 Å². The Morgan fingerprint density at radius 3 is 2.36 bits per heavy atom. The van der Waals surface area contributed by atoms with Gasteiger partial charge in [-0.1, -0.05) is 12.1 Å². The molecular weight excluding hydrogens is 330 g/mol. The van der Waals surface area contributed by atoms with Gasteiger partial charge in [-0.25, -0.2) is 8.78 Å². The Labute approximate surface area is 144 Å². The first-order valence-corrected chi connectivity index (χ1v) is 7.70. The Morgan fingerprint density at radius 1 is 1.04 bits per heavy atom. The zero-order valence-electron chi connectivity index (χ0n) is 14.1. The Bertz CT molecular complexity index is 718. The van der Waals surface area contributed by atoms with E-state index in [1.165, 1.54) is 13.2 Å². The largest absolute Gasteiger partial charge is 0.493 e. The summed E-state index contributed by atoms with van der Waals surface area (Å²) >= 11 is 0. The minimum atomic E-state index is -0.689. The van der Waals surface area contributed by atoms with Gasteiger partial charge >= 0.3 is 0 Å². The SMILES string of the molecule is COc1ccc(CNC(=O)CCNc2c(F)cccc2F)cc1OC. The van der Waals surface area contributed by atoms with E-state index >= 15 is 0 Å². The van der Waals surface area contributed by atoms with Gasteiger partial charge in [0.1, 0.15) is 17.3 Å². The summed E-state index contributed by atoms with van der Waals surface area (Å²) in [6.07, 6.45) is 0.0844. The van der Waals surface area contributed by atoms with Gasteiger partial charge in [-0.15, -0.1) is 0 Å². The number of carbonyl (C=O) groups is 1. The molecule has 0 bridgehead atoms. The van der Waals surface area contributed by atoms with Crippen molar-refractivity contribution in [2.45, 2.75) is 13.0 Å². The molecule has 2 aromatic rings. The predicted octanol–water partition coefficient (Wildman–Crippen LogP) is 3.10. The lowest BCUT2D eigenvalue weighted by Gasteiger charge is -2.11. The predicted molar refractivity (Wildman–Crippen MR) is 90.9 cm³/mol. The van der Waals surface area contributed by atoms with Crippen LogP contribution in [0.15, 0.2) is 36.4 Å². The van der Waals surface area contributed by atoms with Crippen molar-refractivity contribution in [1.82, 2.24) is 5.32 Å². The van der Waals surface area contributed by atoms with Crippen LogP contribution in [0, 0.1) is 11.6 Å². The molecule has 0 saturated heterocycles. The minimum Gasteiger partial charge on any atom is -0.493 e. The van der Waals surface area contributed by atoms with Crippen molar-refractivity contribution in [3.05, 3.63) is 53.6 Å². The van der Waals surface area contributed by atoms with E-state index in [-0.39, 0.29) is 24.6 Å². The molecule has 7 heteroatoms. The molecule has 134 valence electrons. The Hall–Kier alpha value is -2.83. The zero-order chi connectivity index (χ0) is 18.2. The number of para-hydroxylation sites is 1. The van der Waals surface area contributed by atoms with E-state index in [1.54, 1.807) is 19.2 Å². The normalized spacial score (nSPS) is 10.2. The van der Waals surface area contributed by atoms with Crippen molar-refractivity contribution in [1.29, 1.82) is 0 Å². The maximum atomic E-state index is 13.5. The van der Waals surface area contributed by atoms with E-state index in [0.29, 0.717) is 18.0 Å². The highest BCUT2D eigenvalue weighted by Crippen LogP contribution is 2.27. The summed E-state index contributed by atoms with van der Waals surface area (Å²) in [5.74, 6) is -0.435. The molecule has 0 aliphatic heterocycles. The molecule has 0 radical (unpaired) electrons. The summed E-state index contributed by atoms with van der Waals surface area (Å²) in [4.78, 5) is 11.9. The Balaban J connectivity index is 1.81. The summed E-state index contributed by atoms with van der Waals surface area (Å²) in [6.45, 7) is 0.433. The van der Waals surface area contributed by atoms with Gasteiger partial charge in [-0.2, -0.15) is 0 Å². The lowest BCUT2D eigenvalue weighted by Crippen LogP contribution is -2.25. The summed E-state index contributed by atoms with van der Waals surface area (Å²) in [7, 11) is 3.08. The number of benzene rings is 2. The molecule has 0 unspecified atom stereocenters. The molecule has 0 atom stereocenters. The first-order valence-electron chi connectivity index (χ1n) is 7.70. The van der Waals surface area contributed by atoms with Gasteiger partial charge in [0.15, 0.2) is 11.5 Å². The van der Waals surface area contributed by atoms with Crippen molar-refractivity contribution >= 4 is 11.6 Å². The Kier molecular flexibility index (Phi) is 6.56. The zero-order valence-corrected chi connectivity index (χ0v) is 14.1. The van der Waals surface area contributed by atoms with Crippen LogP contribution in [-0.4, -0.2) is 26.7 Å². The van der Waals surface area contributed by atoms with E-state index in [2.05, 4.69) is 10.6 Å². The van der Waals surface area contributed by atoms with Crippen molar-refractivity contribution in [2.75, 3.05) is 26.1 Å². The number of ether oxygens (including phenoxy) is 2. The van der Waals surface area contributed by atoms with Crippen LogP contribution in [0.3, 0.4) is 0 Å². The van der Waals surface area contributed by atoms with Gasteiger partial charge < -0.3 is 20.1 Å². The number of hydrogen-bond donors (Lipinski definition) is 2. The second kappa shape index (κ2) is 8.86. The molecule has 0 aliphatic carbocycles. The fourth-order valence-corrected chi connectivity index (χ4v) is 2.25. The molecule has 1 amide bonds. The molecule has 25 heavy (non-hydrogen) atoms. The summed E-state index contributed by atoms with van der Waals surface area (Å²) < 4.78 is 37.3. The lowest BCUT2D eigenvalue weighted by molar-refractivity contribution is -0.121. The van der Waals surface area contributed by atoms with Crippen LogP contribution < -0.4 is 20.1 Å². The smallest absolute Gasteiger partial charge is 0.222 e. The number of amides is 1. The molecule has 0 aliphatic rings. The maximum Gasteiger partial charge on any atom is 0.222 e. The standard InChI is InChI=1S/C18H20F2N2O3/c1-24-15-7-6-12(10-16(15)25-2)11-22-17(23)8-9-21-18-13(19)4-3-5-14(18)20/h3-7,10,21H,8-9,11H2,1-2H3,(H,22,23). The van der Waals surface area contributed by atoms with Gasteiger partial charge in [0.25, 0.3) is 0 Å². The topological polar surface area (TPSA) is 59.6 Å². The molecule has 0 heterocycles. The second-order valence-electron chi connectivity index (χ2n) is 5.24. The third kappa shape index (κ3) is 5.07. The summed E-state index contributed by atoms with van der Waals surface area (Å²) in [6, 6.07) is 8.93. The molecule has 2 N–H and O–H groups in total. The van der Waals surface area contributed by atoms with Crippen molar-refractivity contribution < 1.29 is 23.0 Å². The van der Waals surface area contributed by atoms with Gasteiger partial charge in [-0.05, 0) is 29.8 Å². The number of methoxy groups -OCH3 is 2. The van der Waals surface area contributed by atoms with Crippen LogP contribution >= 0.6 is 0 Å². The Morgan fingerprint density at radius 2 is 1.72 bits per heavy atom. The average Bonchev–Trinajstić information content (AvgIpc) is 2.62. The molecule has 0 fully saturated rings. The van der Waals surface area contributed by atoms with Crippen LogP contribution in [0.2, 0.25) is 0 Å². The molecule has 5 nitrogen and oxygen atoms in total. The van der Waals surface area contributed by atoms with Gasteiger partial charge in [0.2, 0.25) is 5.91 Å². The van der Waals surface area contributed by atoms with E-state index < -0.39 is 11.6 Å². The molecule has 2 rings (SSSR count). The van der Waals surface area contributed by atoms with Crippen LogP contribution in [0.25, 0.3) is 0 Å². The third-order valence-corrected chi connectivity index (χ3v) is 3.55. The van der Waals surface area contributed by atoms with E-state index in [1.807, 2.05) is 6.07 Å². The highest BCUT2D eigenvalue weighted by Gasteiger charge is 2.09. The van der Waals surface area contributed by atoms with Crippen LogP contribution in [0.5, 0.6) is 11.5 Å². The number of carbonyl (C=O) groups excluding carboxylic acids is 1. The average molecular weight is 350 g/mol. The molecular formula is C18H20F2N2O3. The summed E-state index contributed by atoms with van der Waals surface area (Å²) in [5.41, 5.74) is 0.620. The highest BCUT2D eigenvalue weighted by molar-refractivity contribution is 5.76. The van der Waals surface area contributed by atoms with Crippen molar-refractivity contribution in [3.8, 4) is 11.5 Å². The summed E-state index contributed by atoms with van der Waals surface area (Å²) in [5, 5.41) is 5.34. The first-order chi connectivity index (χ1) is 12.0. The molecule has 2 aromatic carbocycles. The monoisotopic (exact) mass is 350 g/mol. The van der Waals surface area contributed by atoms with E-state index in [9.17, 15) is 13.6 Å². The fourth-order valence-electron chi connectivity index (χ4n) is 2.25. The second-order valence-corrected chi connectivity index (χ2v) is 5.24. The fraction of sp³-hybridized carbons (Fsp3) is 0.278. The van der Waals surface area contributed by atoms with Crippen LogP contribution in [0.1, 0.15) is 12.0 Å². The molecule has 0 spiro atoms. The highest BCUT2D eigenvalue weighted by atomic mass is 19.1. The van der Waals surface area contributed by atoms with Gasteiger partial charge in [0, 0.05) is 19.5 Å². The van der Waals surface area contributed by atoms with Crippen molar-refractivity contribution in [3.63, 3.8) is 0 Å². The number of halogens is 2. The van der Waals surface area contributed by atoms with Crippen LogP contribution in [-0.2, 0) is 11.3 Å².